The number of hydrogen-bond acceptors (Lipinski definition) is 4. The van der Waals surface area contributed by atoms with Gasteiger partial charge in [0.2, 0.25) is 0 Å². The molecule has 1 heterocycles. The molecule has 0 spiro atoms. The molecule has 3 atom stereocenters. The van der Waals surface area contributed by atoms with E-state index in [0.717, 1.165) is 29.8 Å². The van der Waals surface area contributed by atoms with Crippen LogP contribution in [-0.2, 0) is 4.74 Å². The Bertz CT molecular complexity index is 428. The molecule has 4 heteroatoms. The maximum Gasteiger partial charge on any atom is 0.0944 e. The van der Waals surface area contributed by atoms with Gasteiger partial charge in [0.25, 0.3) is 0 Å². The highest BCUT2D eigenvalue weighted by Crippen LogP contribution is 2.37. The Morgan fingerprint density at radius 3 is 2.16 bits per heavy atom. The highest BCUT2D eigenvalue weighted by atomic mass is 16.5. The average Bonchev–Trinajstić information content (AvgIpc) is 3.31. The van der Waals surface area contributed by atoms with Gasteiger partial charge >= 0.3 is 0 Å². The molecule has 3 N–H and O–H groups in total. The van der Waals surface area contributed by atoms with Crippen molar-refractivity contribution in [3.63, 3.8) is 0 Å². The molecule has 0 amide bonds. The number of nitrogens with two attached hydrogens (primary N) is 1. The van der Waals surface area contributed by atoms with Crippen LogP contribution in [0.15, 0.2) is 0 Å². The third kappa shape index (κ3) is 11.3. The van der Waals surface area contributed by atoms with Gasteiger partial charge in [0, 0.05) is 14.9 Å². The van der Waals surface area contributed by atoms with Crippen LogP contribution in [0.25, 0.3) is 0 Å². The van der Waals surface area contributed by atoms with Crippen LogP contribution in [0.3, 0.4) is 0 Å². The molecule has 0 aromatic rings. The van der Waals surface area contributed by atoms with Crippen LogP contribution < -0.4 is 11.1 Å². The summed E-state index contributed by atoms with van der Waals surface area (Å²) in [5, 5.41) is 3.44. The smallest absolute Gasteiger partial charge is 0.0944 e. The summed E-state index contributed by atoms with van der Waals surface area (Å²) in [6.07, 6.45) is 18.2. The summed E-state index contributed by atoms with van der Waals surface area (Å²) in [6.45, 7) is 14.1. The Morgan fingerprint density at radius 1 is 1.00 bits per heavy atom. The fourth-order valence-corrected chi connectivity index (χ4v) is 6.23. The molecule has 32 heavy (non-hydrogen) atoms. The fraction of sp³-hybridized carbons (Fsp3) is 1.00. The van der Waals surface area contributed by atoms with Crippen molar-refractivity contribution in [1.29, 1.82) is 0 Å². The van der Waals surface area contributed by atoms with Crippen molar-refractivity contribution in [2.45, 2.75) is 136 Å². The zero-order valence-corrected chi connectivity index (χ0v) is 22.7. The summed E-state index contributed by atoms with van der Waals surface area (Å²) in [7, 11) is 2.12. The van der Waals surface area contributed by atoms with E-state index in [2.05, 4.69) is 38.0 Å². The topological polar surface area (TPSA) is 50.5 Å². The molecular weight excluding hydrogens is 394 g/mol. The molecule has 3 fully saturated rings. The van der Waals surface area contributed by atoms with Gasteiger partial charge in [-0.15, -0.1) is 0 Å². The minimum atomic E-state index is 0. The lowest BCUT2D eigenvalue weighted by Gasteiger charge is -2.38. The van der Waals surface area contributed by atoms with Crippen molar-refractivity contribution in [2.75, 3.05) is 26.9 Å². The molecule has 2 unspecified atom stereocenters. The van der Waals surface area contributed by atoms with E-state index in [9.17, 15) is 0 Å². The highest BCUT2D eigenvalue weighted by molar-refractivity contribution is 4.84. The standard InChI is InChI=1S/C14H29N.C12H24N2O.C2H6.2H2/c1-5-6-12(9-11(2)3)13-7-8-14(10-13)15-4;13-10-15-12-6-4-11(5-7-12)14-8-2-1-3-9-14;1-2;;/h11-15H,5-10H2,1-4H3;11-12H,1-10,13H2;1-2H3;2*1H/t12-,13?,14?;;;;/m1..../s1. The van der Waals surface area contributed by atoms with Crippen LogP contribution >= 0.6 is 0 Å². The first-order chi connectivity index (χ1) is 15.6. The predicted octanol–water partition coefficient (Wildman–Crippen LogP) is 7.07. The number of piperidine rings is 1. The van der Waals surface area contributed by atoms with Crippen LogP contribution in [0.4, 0.5) is 0 Å². The molecule has 1 aliphatic heterocycles. The number of ether oxygens (including phenoxy) is 1. The van der Waals surface area contributed by atoms with Gasteiger partial charge in [0.15, 0.2) is 0 Å². The van der Waals surface area contributed by atoms with Gasteiger partial charge in [-0.1, -0.05) is 53.9 Å². The zero-order chi connectivity index (χ0) is 23.8. The van der Waals surface area contributed by atoms with E-state index in [1.165, 1.54) is 96.6 Å². The van der Waals surface area contributed by atoms with Crippen molar-refractivity contribution < 1.29 is 7.59 Å². The van der Waals surface area contributed by atoms with Crippen LogP contribution in [0.5, 0.6) is 0 Å². The Morgan fingerprint density at radius 2 is 1.66 bits per heavy atom. The Balaban J connectivity index is 0. The van der Waals surface area contributed by atoms with Crippen LogP contribution in [0.2, 0.25) is 0 Å². The first kappa shape index (κ1) is 29.9. The van der Waals surface area contributed by atoms with E-state index in [1.54, 1.807) is 0 Å². The quantitative estimate of drug-likeness (QED) is 0.363. The largest absolute Gasteiger partial charge is 0.363 e. The first-order valence-corrected chi connectivity index (χ1v) is 14.3. The molecule has 2 aliphatic carbocycles. The molecule has 3 aliphatic rings. The minimum Gasteiger partial charge on any atom is -0.363 e. The van der Waals surface area contributed by atoms with Crippen molar-refractivity contribution in [3.8, 4) is 0 Å². The third-order valence-corrected chi connectivity index (χ3v) is 7.86. The molecule has 196 valence electrons. The molecule has 2 saturated carbocycles. The lowest BCUT2D eigenvalue weighted by Crippen LogP contribution is -2.42. The van der Waals surface area contributed by atoms with E-state index >= 15 is 0 Å². The van der Waals surface area contributed by atoms with Crippen molar-refractivity contribution in [3.05, 3.63) is 0 Å². The first-order valence-electron chi connectivity index (χ1n) is 14.3. The summed E-state index contributed by atoms with van der Waals surface area (Å²) >= 11 is 0. The second kappa shape index (κ2) is 18.2. The van der Waals surface area contributed by atoms with Crippen molar-refractivity contribution in [2.24, 2.45) is 23.5 Å². The van der Waals surface area contributed by atoms with E-state index < -0.39 is 0 Å². The normalized spacial score (nSPS) is 29.6. The second-order valence-electron chi connectivity index (χ2n) is 10.6. The number of nitrogens with zero attached hydrogens (tertiary/aromatic N) is 1. The van der Waals surface area contributed by atoms with Crippen molar-refractivity contribution in [1.82, 2.24) is 10.2 Å². The summed E-state index contributed by atoms with van der Waals surface area (Å²) in [5.41, 5.74) is 5.40. The molecule has 0 aromatic heterocycles. The van der Waals surface area contributed by atoms with E-state index in [-0.39, 0.29) is 2.85 Å². The van der Waals surface area contributed by atoms with Crippen LogP contribution in [0, 0.1) is 17.8 Å². The summed E-state index contributed by atoms with van der Waals surface area (Å²) in [6, 6.07) is 1.64. The van der Waals surface area contributed by atoms with E-state index in [4.69, 9.17) is 10.5 Å². The predicted molar refractivity (Wildman–Crippen MR) is 145 cm³/mol. The van der Waals surface area contributed by atoms with Gasteiger partial charge in [-0.3, -0.25) is 0 Å². The lowest BCUT2D eigenvalue weighted by molar-refractivity contribution is 0.00733. The van der Waals surface area contributed by atoms with Gasteiger partial charge in [0.1, 0.15) is 0 Å². The van der Waals surface area contributed by atoms with Crippen LogP contribution in [0.1, 0.15) is 121 Å². The second-order valence-corrected chi connectivity index (χ2v) is 10.6. The Kier molecular flexibility index (Phi) is 17.0. The van der Waals surface area contributed by atoms with E-state index in [1.807, 2.05) is 13.8 Å². The van der Waals surface area contributed by atoms with Crippen LogP contribution in [-0.4, -0.2) is 50.0 Å². The Hall–Kier alpha value is -0.160. The zero-order valence-electron chi connectivity index (χ0n) is 22.7. The third-order valence-electron chi connectivity index (χ3n) is 7.86. The SMILES string of the molecule is CC.CCC[C@H](CC(C)C)C1CCC(NC)C1.NCOC1CCC(N2CCCCC2)CC1.[HH].[HH]. The molecule has 4 nitrogen and oxygen atoms in total. The summed E-state index contributed by atoms with van der Waals surface area (Å²) in [5.74, 6) is 2.87. The molecule has 0 radical (unpaired) electrons. The molecule has 0 bridgehead atoms. The molecular formula is C28H63N3O. The average molecular weight is 458 g/mol. The van der Waals surface area contributed by atoms with E-state index in [0.29, 0.717) is 12.8 Å². The minimum absolute atomic E-state index is 0. The molecule has 3 rings (SSSR count). The summed E-state index contributed by atoms with van der Waals surface area (Å²) < 4.78 is 5.48. The highest BCUT2D eigenvalue weighted by Gasteiger charge is 2.30. The Labute approximate surface area is 204 Å². The number of likely N-dealkylation sites (tertiary alicyclic amines) is 1. The number of hydrogen-bond donors (Lipinski definition) is 2. The van der Waals surface area contributed by atoms with Crippen molar-refractivity contribution >= 4 is 0 Å². The number of rotatable bonds is 9. The molecule has 0 aromatic carbocycles. The molecule has 1 saturated heterocycles. The lowest BCUT2D eigenvalue weighted by atomic mass is 9.81. The van der Waals surface area contributed by atoms with Gasteiger partial charge in [0.05, 0.1) is 12.8 Å². The van der Waals surface area contributed by atoms with Gasteiger partial charge in [-0.25, -0.2) is 0 Å². The summed E-state index contributed by atoms with van der Waals surface area (Å²) in [4.78, 5) is 2.70. The fourth-order valence-electron chi connectivity index (χ4n) is 6.23. The maximum atomic E-state index is 5.48. The van der Waals surface area contributed by atoms with Gasteiger partial charge < -0.3 is 20.7 Å². The van der Waals surface area contributed by atoms with Gasteiger partial charge in [-0.2, -0.15) is 0 Å². The van der Waals surface area contributed by atoms with Gasteiger partial charge in [-0.05, 0) is 102 Å². The number of nitrogens with one attached hydrogen (secondary N) is 1. The monoisotopic (exact) mass is 457 g/mol. The maximum absolute atomic E-state index is 5.48.